The van der Waals surface area contributed by atoms with Gasteiger partial charge in [-0.25, -0.2) is 4.79 Å². The minimum atomic E-state index is -1.09. The molecular weight excluding hydrogens is 448 g/mol. The van der Waals surface area contributed by atoms with Crippen molar-refractivity contribution in [3.63, 3.8) is 0 Å². The molecule has 0 radical (unpaired) electrons. The maximum absolute atomic E-state index is 12.5. The van der Waals surface area contributed by atoms with Crippen molar-refractivity contribution in [3.8, 4) is 0 Å². The number of Topliss-reactive ketones (excluding diaryl/α,β-unsaturated/α-hetero) is 2. The fourth-order valence-corrected chi connectivity index (χ4v) is 3.73. The van der Waals surface area contributed by atoms with Gasteiger partial charge in [0.25, 0.3) is 0 Å². The smallest absolute Gasteiger partial charge is 0.399 e. The van der Waals surface area contributed by atoms with Crippen molar-refractivity contribution >= 4 is 28.9 Å². The molecule has 3 rings (SSSR count). The molecule has 1 aromatic rings. The fraction of sp³-hybridized carbons (Fsp3) is 0.500. The monoisotopic (exact) mass is 468 g/mol. The molecule has 2 fully saturated rings. The number of rotatable bonds is 5. The van der Waals surface area contributed by atoms with Gasteiger partial charge in [-0.15, -0.1) is 0 Å². The summed E-state index contributed by atoms with van der Waals surface area (Å²) in [6.07, 6.45) is 4.52. The maximum Gasteiger partial charge on any atom is 0.399 e. The first-order chi connectivity index (χ1) is 13.3. The second-order valence-electron chi connectivity index (χ2n) is 7.17. The van der Waals surface area contributed by atoms with Gasteiger partial charge in [0.15, 0.2) is 29.7 Å². The van der Waals surface area contributed by atoms with Crippen LogP contribution in [-0.4, -0.2) is 48.3 Å². The number of anilines is 1. The molecule has 2 saturated carbocycles. The first kappa shape index (κ1) is 22.6. The quantitative estimate of drug-likeness (QED) is 0.197. The molecule has 156 valence electrons. The van der Waals surface area contributed by atoms with E-state index < -0.39 is 46.0 Å². The number of aromatic nitrogens is 1. The molecule has 0 aliphatic heterocycles. The number of carbonyl (C=O) groups is 3. The zero-order valence-corrected chi connectivity index (χ0v) is 17.6. The number of hydrogen-bond donors (Lipinski definition) is 0. The van der Waals surface area contributed by atoms with Gasteiger partial charge in [0, 0.05) is 49.2 Å². The van der Waals surface area contributed by atoms with Crippen LogP contribution < -0.4 is 26.4 Å². The largest absolute Gasteiger partial charge is 1.00 e. The van der Waals surface area contributed by atoms with Crippen molar-refractivity contribution in [2.24, 2.45) is 17.0 Å². The zero-order chi connectivity index (χ0) is 20.4. The van der Waals surface area contributed by atoms with Crippen LogP contribution in [0.25, 0.3) is 0 Å². The van der Waals surface area contributed by atoms with Crippen molar-refractivity contribution in [3.05, 3.63) is 34.6 Å². The molecule has 0 bridgehead atoms. The highest BCUT2D eigenvalue weighted by atomic mass is 79.9. The third-order valence-corrected chi connectivity index (χ3v) is 5.18. The van der Waals surface area contributed by atoms with E-state index >= 15 is 0 Å². The highest BCUT2D eigenvalue weighted by Crippen LogP contribution is 2.38. The number of nitrogens with zero attached hydrogens (tertiary/aromatic N) is 4. The van der Waals surface area contributed by atoms with Crippen LogP contribution >= 0.6 is 0 Å². The van der Waals surface area contributed by atoms with E-state index in [1.807, 2.05) is 31.1 Å². The Kier molecular flexibility index (Phi) is 7.17. The number of halogens is 1. The van der Waals surface area contributed by atoms with Crippen LogP contribution in [0.5, 0.6) is 0 Å². The Balaban J connectivity index is 0.00000300. The summed E-state index contributed by atoms with van der Waals surface area (Å²) >= 11 is 0. The summed E-state index contributed by atoms with van der Waals surface area (Å²) in [5.74, 6) is -3.79. The third-order valence-electron chi connectivity index (χ3n) is 5.18. The molecule has 0 aromatic carbocycles. The number of ketones is 2. The van der Waals surface area contributed by atoms with Crippen molar-refractivity contribution < 1.29 is 45.7 Å². The van der Waals surface area contributed by atoms with Crippen LogP contribution in [0, 0.1) is 22.0 Å². The average Bonchev–Trinajstić information content (AvgIpc) is 2.91. The van der Waals surface area contributed by atoms with E-state index in [-0.39, 0.29) is 29.9 Å². The van der Waals surface area contributed by atoms with Crippen LogP contribution in [0.15, 0.2) is 29.7 Å². The Hall–Kier alpha value is -2.69. The normalized spacial score (nSPS) is 24.6. The molecule has 0 saturated heterocycles. The van der Waals surface area contributed by atoms with E-state index in [1.165, 1.54) is 0 Å². The van der Waals surface area contributed by atoms with Crippen molar-refractivity contribution in [2.45, 2.75) is 31.8 Å². The summed E-state index contributed by atoms with van der Waals surface area (Å²) in [7, 11) is 3.78. The van der Waals surface area contributed by atoms with Crippen LogP contribution in [0.1, 0.15) is 19.3 Å². The summed E-state index contributed by atoms with van der Waals surface area (Å²) in [4.78, 5) is 54.2. The number of carbonyl (C=O) groups excluding carboxylic acids is 3. The summed E-state index contributed by atoms with van der Waals surface area (Å²) in [5, 5.41) is 14.7. The second-order valence-corrected chi connectivity index (χ2v) is 7.17. The Bertz CT molecular complexity index is 854. The van der Waals surface area contributed by atoms with Crippen LogP contribution in [0.2, 0.25) is 0 Å². The number of hydrogen-bond acceptors (Lipinski definition) is 8. The summed E-state index contributed by atoms with van der Waals surface area (Å²) < 4.78 is 1.57. The van der Waals surface area contributed by atoms with E-state index in [4.69, 9.17) is 4.84 Å². The molecule has 11 heteroatoms. The lowest BCUT2D eigenvalue weighted by atomic mass is 9.77. The van der Waals surface area contributed by atoms with Crippen LogP contribution in [0.3, 0.4) is 0 Å². The second kappa shape index (κ2) is 9.21. The molecule has 29 heavy (non-hydrogen) atoms. The lowest BCUT2D eigenvalue weighted by molar-refractivity contribution is -0.685. The maximum atomic E-state index is 12.5. The molecule has 3 unspecified atom stereocenters. The Morgan fingerprint density at radius 2 is 1.93 bits per heavy atom. The van der Waals surface area contributed by atoms with Gasteiger partial charge in [0.2, 0.25) is 12.6 Å². The number of oxime groups is 1. The van der Waals surface area contributed by atoms with Crippen molar-refractivity contribution in [2.75, 3.05) is 19.0 Å². The molecule has 2 aliphatic rings. The minimum Gasteiger partial charge on any atom is -1.00 e. The van der Waals surface area contributed by atoms with Gasteiger partial charge in [-0.3, -0.25) is 19.7 Å². The Morgan fingerprint density at radius 1 is 1.28 bits per heavy atom. The van der Waals surface area contributed by atoms with Gasteiger partial charge in [-0.1, -0.05) is 5.16 Å². The first-order valence-electron chi connectivity index (χ1n) is 8.95. The van der Waals surface area contributed by atoms with Crippen LogP contribution in [-0.2, 0) is 25.8 Å². The zero-order valence-electron chi connectivity index (χ0n) is 16.0. The molecule has 1 heterocycles. The van der Waals surface area contributed by atoms with Gasteiger partial charge in [-0.2, -0.15) is 4.57 Å². The van der Waals surface area contributed by atoms with Gasteiger partial charge in [0.05, 0.1) is 0 Å². The minimum absolute atomic E-state index is 0. The topological polar surface area (TPSA) is 123 Å². The summed E-state index contributed by atoms with van der Waals surface area (Å²) in [5.41, 5.74) is 0.458. The van der Waals surface area contributed by atoms with E-state index in [9.17, 15) is 24.5 Å². The number of pyridine rings is 1. The average molecular weight is 469 g/mol. The van der Waals surface area contributed by atoms with Gasteiger partial charge >= 0.3 is 5.97 Å². The lowest BCUT2D eigenvalue weighted by Crippen LogP contribution is -3.00. The molecular formula is C18H21BrN4O6. The molecule has 10 nitrogen and oxygen atoms in total. The predicted octanol–water partition coefficient (Wildman–Crippen LogP) is -2.84. The van der Waals surface area contributed by atoms with Gasteiger partial charge in [0.1, 0.15) is 5.92 Å². The Morgan fingerprint density at radius 3 is 2.52 bits per heavy atom. The van der Waals surface area contributed by atoms with Gasteiger partial charge in [-0.05, 0) is 12.8 Å². The van der Waals surface area contributed by atoms with E-state index in [2.05, 4.69) is 5.16 Å². The van der Waals surface area contributed by atoms with E-state index in [1.54, 1.807) is 17.0 Å². The number of nitro groups is 1. The Labute approximate surface area is 177 Å². The van der Waals surface area contributed by atoms with Crippen molar-refractivity contribution in [1.82, 2.24) is 0 Å². The van der Waals surface area contributed by atoms with Crippen molar-refractivity contribution in [1.29, 1.82) is 0 Å². The van der Waals surface area contributed by atoms with Gasteiger partial charge < -0.3 is 26.7 Å². The highest BCUT2D eigenvalue weighted by Gasteiger charge is 2.56. The third kappa shape index (κ3) is 4.66. The molecule has 0 N–H and O–H groups in total. The molecule has 1 aromatic heterocycles. The highest BCUT2D eigenvalue weighted by molar-refractivity contribution is 6.70. The first-order valence-corrected chi connectivity index (χ1v) is 8.95. The van der Waals surface area contributed by atoms with E-state index in [0.717, 1.165) is 5.69 Å². The summed E-state index contributed by atoms with van der Waals surface area (Å²) in [6.45, 7) is -0.156. The predicted molar refractivity (Wildman–Crippen MR) is 96.1 cm³/mol. The van der Waals surface area contributed by atoms with E-state index in [0.29, 0.717) is 12.8 Å². The molecule has 0 amide bonds. The standard InChI is InChI=1S/C18H21N4O6.BrH/c1-20(2)11-6-8-21(9-7-11)10-14(23)28-19-16-17(24)12-4-3-5-13(22(26)27)15(12)18(16)25;/h6-9,12-13,15H,3-5,10H2,1-2H3;1H/q+1;/p-1/b19-16+;. The van der Waals surface area contributed by atoms with Crippen LogP contribution in [0.4, 0.5) is 5.69 Å². The number of fused-ring (bicyclic) bond motifs is 1. The lowest BCUT2D eigenvalue weighted by Gasteiger charge is -2.24. The molecule has 2 aliphatic carbocycles. The molecule has 3 atom stereocenters. The molecule has 0 spiro atoms. The fourth-order valence-electron chi connectivity index (χ4n) is 3.73. The SMILES string of the molecule is CN(C)c1cc[n+](CC(=O)O/N=C2\C(=O)C3CCCC([N+](=O)[O-])C3C2=O)cc1.[Br-]. The summed E-state index contributed by atoms with van der Waals surface area (Å²) in [6, 6.07) is 2.53.